The number of nitrogens with zero attached hydrogens (tertiary/aromatic N) is 2. The lowest BCUT2D eigenvalue weighted by Crippen LogP contribution is -2.56. The number of carbonyl (C=O) groups is 2. The Bertz CT molecular complexity index is 448. The first-order valence-corrected chi connectivity index (χ1v) is 6.70. The summed E-state index contributed by atoms with van der Waals surface area (Å²) < 4.78 is 3.60. The van der Waals surface area contributed by atoms with Crippen molar-refractivity contribution in [2.24, 2.45) is 5.92 Å². The van der Waals surface area contributed by atoms with Gasteiger partial charge in [-0.05, 0) is 30.3 Å². The molecule has 1 fully saturated rings. The molecule has 6 nitrogen and oxygen atoms in total. The Balaban J connectivity index is 2.16. The summed E-state index contributed by atoms with van der Waals surface area (Å²) in [6.45, 7) is 2.01. The molecule has 2 N–H and O–H groups in total. The molecular weight excluding hydrogens is 254 g/mol. The summed E-state index contributed by atoms with van der Waals surface area (Å²) in [5.41, 5.74) is -0.975. The standard InChI is InChI=1S/C11H15N3O3S/c1-7-3-2-4-11(5-7,10(16)17)12-9(15)8-6-18-14-13-8/h6-7H,2-5H2,1H3,(H,12,15)(H,16,17). The molecule has 1 aromatic heterocycles. The van der Waals surface area contributed by atoms with E-state index in [1.165, 1.54) is 5.38 Å². The first kappa shape index (κ1) is 12.9. The smallest absolute Gasteiger partial charge is 0.329 e. The van der Waals surface area contributed by atoms with E-state index in [-0.39, 0.29) is 5.69 Å². The van der Waals surface area contributed by atoms with Crippen LogP contribution in [0, 0.1) is 5.92 Å². The van der Waals surface area contributed by atoms with Crippen LogP contribution in [0.15, 0.2) is 5.38 Å². The zero-order valence-electron chi connectivity index (χ0n) is 10.0. The number of carbonyl (C=O) groups excluding carboxylic acids is 1. The van der Waals surface area contributed by atoms with Crippen LogP contribution in [-0.2, 0) is 4.79 Å². The van der Waals surface area contributed by atoms with Crippen LogP contribution in [-0.4, -0.2) is 32.1 Å². The van der Waals surface area contributed by atoms with Gasteiger partial charge in [0.05, 0.1) is 0 Å². The molecule has 0 bridgehead atoms. The second-order valence-electron chi connectivity index (χ2n) is 4.83. The maximum absolute atomic E-state index is 11.9. The van der Waals surface area contributed by atoms with E-state index in [4.69, 9.17) is 0 Å². The molecule has 2 rings (SSSR count). The van der Waals surface area contributed by atoms with Gasteiger partial charge in [-0.15, -0.1) is 5.10 Å². The van der Waals surface area contributed by atoms with Crippen LogP contribution in [0.1, 0.15) is 43.1 Å². The number of carboxylic acid groups (broad SMARTS) is 1. The highest BCUT2D eigenvalue weighted by atomic mass is 32.1. The van der Waals surface area contributed by atoms with Gasteiger partial charge in [0.25, 0.3) is 5.91 Å². The molecule has 0 aromatic carbocycles. The lowest BCUT2D eigenvalue weighted by atomic mass is 9.76. The van der Waals surface area contributed by atoms with Crippen molar-refractivity contribution in [2.75, 3.05) is 0 Å². The second-order valence-corrected chi connectivity index (χ2v) is 5.44. The third kappa shape index (κ3) is 2.50. The molecule has 0 saturated heterocycles. The van der Waals surface area contributed by atoms with Gasteiger partial charge in [0.15, 0.2) is 5.69 Å². The van der Waals surface area contributed by atoms with Gasteiger partial charge in [0.2, 0.25) is 0 Å². The maximum Gasteiger partial charge on any atom is 0.329 e. The Morgan fingerprint density at radius 1 is 1.61 bits per heavy atom. The van der Waals surface area contributed by atoms with Crippen molar-refractivity contribution >= 4 is 23.4 Å². The molecule has 1 aliphatic rings. The summed E-state index contributed by atoms with van der Waals surface area (Å²) in [7, 11) is 0. The van der Waals surface area contributed by atoms with E-state index >= 15 is 0 Å². The van der Waals surface area contributed by atoms with Crippen LogP contribution in [0.5, 0.6) is 0 Å². The van der Waals surface area contributed by atoms with Crippen molar-refractivity contribution in [1.29, 1.82) is 0 Å². The Morgan fingerprint density at radius 3 is 2.94 bits per heavy atom. The number of amides is 1. The van der Waals surface area contributed by atoms with Crippen LogP contribution in [0.2, 0.25) is 0 Å². The number of carboxylic acids is 1. The summed E-state index contributed by atoms with van der Waals surface area (Å²) in [6.07, 6.45) is 2.74. The molecule has 1 aliphatic carbocycles. The average Bonchev–Trinajstić information content (AvgIpc) is 2.82. The van der Waals surface area contributed by atoms with Crippen LogP contribution >= 0.6 is 11.5 Å². The van der Waals surface area contributed by atoms with Gasteiger partial charge in [-0.2, -0.15) is 0 Å². The van der Waals surface area contributed by atoms with Crippen molar-refractivity contribution in [3.8, 4) is 0 Å². The van der Waals surface area contributed by atoms with Crippen molar-refractivity contribution in [3.05, 3.63) is 11.1 Å². The molecule has 1 amide bonds. The lowest BCUT2D eigenvalue weighted by molar-refractivity contribution is -0.146. The Hall–Kier alpha value is -1.50. The number of aliphatic carboxylic acids is 1. The molecule has 0 aliphatic heterocycles. The normalized spacial score (nSPS) is 27.7. The summed E-state index contributed by atoms with van der Waals surface area (Å²) in [5.74, 6) is -1.13. The van der Waals surface area contributed by atoms with E-state index in [1.54, 1.807) is 0 Å². The van der Waals surface area contributed by atoms with Crippen molar-refractivity contribution in [1.82, 2.24) is 14.9 Å². The molecule has 2 atom stereocenters. The molecule has 18 heavy (non-hydrogen) atoms. The zero-order chi connectivity index (χ0) is 13.2. The Kier molecular flexibility index (Phi) is 3.60. The lowest BCUT2D eigenvalue weighted by Gasteiger charge is -2.36. The molecule has 0 radical (unpaired) electrons. The third-order valence-electron chi connectivity index (χ3n) is 3.35. The first-order chi connectivity index (χ1) is 8.53. The number of aromatic nitrogens is 2. The SMILES string of the molecule is CC1CCCC(NC(=O)c2csnn2)(C(=O)O)C1. The predicted molar refractivity (Wildman–Crippen MR) is 65.4 cm³/mol. The quantitative estimate of drug-likeness (QED) is 0.863. The molecule has 0 spiro atoms. The Morgan fingerprint density at radius 2 is 2.39 bits per heavy atom. The van der Waals surface area contributed by atoms with Gasteiger partial charge < -0.3 is 10.4 Å². The number of nitrogens with one attached hydrogen (secondary N) is 1. The van der Waals surface area contributed by atoms with E-state index < -0.39 is 17.4 Å². The minimum absolute atomic E-state index is 0.179. The summed E-state index contributed by atoms with van der Waals surface area (Å²) >= 11 is 1.07. The second kappa shape index (κ2) is 5.01. The van der Waals surface area contributed by atoms with E-state index in [1.807, 2.05) is 6.92 Å². The fraction of sp³-hybridized carbons (Fsp3) is 0.636. The van der Waals surface area contributed by atoms with Crippen LogP contribution in [0.25, 0.3) is 0 Å². The van der Waals surface area contributed by atoms with E-state index in [2.05, 4.69) is 14.9 Å². The van der Waals surface area contributed by atoms with E-state index in [0.717, 1.165) is 24.4 Å². The fourth-order valence-electron chi connectivity index (χ4n) is 2.46. The molecule has 98 valence electrons. The molecule has 7 heteroatoms. The Labute approximate surface area is 109 Å². The first-order valence-electron chi connectivity index (χ1n) is 5.86. The molecule has 1 heterocycles. The number of rotatable bonds is 3. The fourth-order valence-corrected chi connectivity index (χ4v) is 2.89. The largest absolute Gasteiger partial charge is 0.480 e. The molecule has 1 aromatic rings. The van der Waals surface area contributed by atoms with Gasteiger partial charge in [-0.25, -0.2) is 4.79 Å². The number of hydrogen-bond acceptors (Lipinski definition) is 5. The molecular formula is C11H15N3O3S. The van der Waals surface area contributed by atoms with Gasteiger partial charge in [0.1, 0.15) is 5.54 Å². The molecule has 2 unspecified atom stereocenters. The zero-order valence-corrected chi connectivity index (χ0v) is 10.9. The minimum Gasteiger partial charge on any atom is -0.480 e. The highest BCUT2D eigenvalue weighted by Crippen LogP contribution is 2.32. The third-order valence-corrected chi connectivity index (χ3v) is 3.86. The van der Waals surface area contributed by atoms with Crippen LogP contribution in [0.4, 0.5) is 0 Å². The van der Waals surface area contributed by atoms with E-state index in [9.17, 15) is 14.7 Å². The van der Waals surface area contributed by atoms with Crippen LogP contribution in [0.3, 0.4) is 0 Å². The van der Waals surface area contributed by atoms with Gasteiger partial charge in [-0.1, -0.05) is 24.3 Å². The highest BCUT2D eigenvalue weighted by molar-refractivity contribution is 7.03. The van der Waals surface area contributed by atoms with Gasteiger partial charge >= 0.3 is 5.97 Å². The number of hydrogen-bond donors (Lipinski definition) is 2. The topological polar surface area (TPSA) is 92.2 Å². The maximum atomic E-state index is 11.9. The van der Waals surface area contributed by atoms with Crippen molar-refractivity contribution < 1.29 is 14.7 Å². The van der Waals surface area contributed by atoms with Crippen molar-refractivity contribution in [3.63, 3.8) is 0 Å². The molecule has 1 saturated carbocycles. The summed E-state index contributed by atoms with van der Waals surface area (Å²) in [5, 5.41) is 17.2. The highest BCUT2D eigenvalue weighted by Gasteiger charge is 2.43. The van der Waals surface area contributed by atoms with Crippen LogP contribution < -0.4 is 5.32 Å². The average molecular weight is 269 g/mol. The predicted octanol–water partition coefficient (Wildman–Crippen LogP) is 1.30. The van der Waals surface area contributed by atoms with Gasteiger partial charge in [0, 0.05) is 5.38 Å². The monoisotopic (exact) mass is 269 g/mol. The summed E-state index contributed by atoms with van der Waals surface area (Å²) in [4.78, 5) is 23.4. The summed E-state index contributed by atoms with van der Waals surface area (Å²) in [6, 6.07) is 0. The minimum atomic E-state index is -1.15. The van der Waals surface area contributed by atoms with Gasteiger partial charge in [-0.3, -0.25) is 4.79 Å². The van der Waals surface area contributed by atoms with E-state index in [0.29, 0.717) is 18.8 Å². The van der Waals surface area contributed by atoms with Crippen molar-refractivity contribution in [2.45, 2.75) is 38.1 Å².